The monoisotopic (exact) mass is 386 g/mol. The van der Waals surface area contributed by atoms with E-state index in [1.54, 1.807) is 12.2 Å². The van der Waals surface area contributed by atoms with Crippen molar-refractivity contribution in [1.82, 2.24) is 0 Å². The van der Waals surface area contributed by atoms with Gasteiger partial charge in [-0.2, -0.15) is 0 Å². The molecule has 0 atom stereocenters. The second-order valence-corrected chi connectivity index (χ2v) is 6.63. The summed E-state index contributed by atoms with van der Waals surface area (Å²) >= 11 is 0. The van der Waals surface area contributed by atoms with Crippen LogP contribution in [-0.2, 0) is 0 Å². The van der Waals surface area contributed by atoms with Gasteiger partial charge >= 0.3 is 0 Å². The Hall–Kier alpha value is -3.42. The van der Waals surface area contributed by atoms with Gasteiger partial charge in [-0.3, -0.25) is 20.2 Å². The first-order chi connectivity index (χ1) is 13.2. The molecule has 148 valence electrons. The minimum Gasteiger partial charge on any atom is -0.490 e. The molecule has 0 fully saturated rings. The highest BCUT2D eigenvalue weighted by molar-refractivity contribution is 5.77. The Morgan fingerprint density at radius 2 is 1.11 bits per heavy atom. The molecule has 8 nitrogen and oxygen atoms in total. The molecule has 0 aromatic heterocycles. The zero-order valence-corrected chi connectivity index (χ0v) is 16.1. The van der Waals surface area contributed by atoms with Crippen molar-refractivity contribution in [3.63, 3.8) is 0 Å². The molecule has 0 radical (unpaired) electrons. The van der Waals surface area contributed by atoms with Crippen molar-refractivity contribution in [1.29, 1.82) is 0 Å². The first-order valence-corrected chi connectivity index (χ1v) is 8.75. The van der Waals surface area contributed by atoms with Gasteiger partial charge in [0, 0.05) is 35.4 Å². The van der Waals surface area contributed by atoms with Crippen molar-refractivity contribution in [2.45, 2.75) is 39.9 Å². The van der Waals surface area contributed by atoms with E-state index in [2.05, 4.69) is 0 Å². The van der Waals surface area contributed by atoms with Gasteiger partial charge in [0.1, 0.15) is 11.5 Å². The Balaban J connectivity index is 2.50. The average molecular weight is 386 g/mol. The lowest BCUT2D eigenvalue weighted by Gasteiger charge is -2.13. The van der Waals surface area contributed by atoms with Crippen LogP contribution in [0.5, 0.6) is 11.5 Å². The molecule has 2 aromatic rings. The molecule has 28 heavy (non-hydrogen) atoms. The third-order valence-corrected chi connectivity index (χ3v) is 3.58. The van der Waals surface area contributed by atoms with Crippen LogP contribution >= 0.6 is 0 Å². The zero-order chi connectivity index (χ0) is 20.8. The Morgan fingerprint density at radius 1 is 0.750 bits per heavy atom. The molecule has 8 heteroatoms. The molecule has 0 N–H and O–H groups in total. The van der Waals surface area contributed by atoms with Crippen LogP contribution < -0.4 is 9.47 Å². The standard InChI is InChI=1S/C20H22N2O6/c1-13(2)27-19-9-7-17(21(23)24)11-15(19)5-6-16-12-18(22(25)26)8-10-20(16)28-14(3)4/h5-14H,1-4H3. The summed E-state index contributed by atoms with van der Waals surface area (Å²) in [4.78, 5) is 21.2. The van der Waals surface area contributed by atoms with E-state index >= 15 is 0 Å². The minimum atomic E-state index is -0.489. The SMILES string of the molecule is CC(C)Oc1ccc([N+](=O)[O-])cc1C=Cc1cc([N+](=O)[O-])ccc1OC(C)C. The van der Waals surface area contributed by atoms with Crippen LogP contribution in [0.4, 0.5) is 11.4 Å². The number of benzene rings is 2. The maximum atomic E-state index is 11.1. The van der Waals surface area contributed by atoms with E-state index in [0.717, 1.165) is 0 Å². The van der Waals surface area contributed by atoms with Crippen molar-refractivity contribution in [2.75, 3.05) is 0 Å². The fourth-order valence-corrected chi connectivity index (χ4v) is 2.46. The molecule has 2 rings (SSSR count). The van der Waals surface area contributed by atoms with Crippen molar-refractivity contribution in [2.24, 2.45) is 0 Å². The molecular formula is C20H22N2O6. The number of ether oxygens (including phenoxy) is 2. The summed E-state index contributed by atoms with van der Waals surface area (Å²) in [6.45, 7) is 7.40. The molecule has 0 aliphatic carbocycles. The Labute approximate surface area is 162 Å². The van der Waals surface area contributed by atoms with E-state index in [1.165, 1.54) is 36.4 Å². The van der Waals surface area contributed by atoms with Gasteiger partial charge in [-0.05, 0) is 39.8 Å². The van der Waals surface area contributed by atoms with Crippen molar-refractivity contribution in [3.8, 4) is 11.5 Å². The third-order valence-electron chi connectivity index (χ3n) is 3.58. The van der Waals surface area contributed by atoms with Crippen LogP contribution in [0.15, 0.2) is 36.4 Å². The molecule has 0 bridgehead atoms. The second kappa shape index (κ2) is 8.98. The number of hydrogen-bond donors (Lipinski definition) is 0. The van der Waals surface area contributed by atoms with E-state index < -0.39 is 9.85 Å². The Morgan fingerprint density at radius 3 is 1.39 bits per heavy atom. The summed E-state index contributed by atoms with van der Waals surface area (Å²) in [5, 5.41) is 22.2. The molecule has 0 spiro atoms. The first kappa shape index (κ1) is 20.9. The van der Waals surface area contributed by atoms with Gasteiger partial charge in [0.2, 0.25) is 0 Å². The molecule has 0 saturated heterocycles. The highest BCUT2D eigenvalue weighted by atomic mass is 16.6. The summed E-state index contributed by atoms with van der Waals surface area (Å²) in [5.74, 6) is 0.960. The maximum absolute atomic E-state index is 11.1. The van der Waals surface area contributed by atoms with Crippen molar-refractivity contribution < 1.29 is 19.3 Å². The van der Waals surface area contributed by atoms with Gasteiger partial charge in [0.25, 0.3) is 11.4 Å². The number of non-ortho nitro benzene ring substituents is 2. The lowest BCUT2D eigenvalue weighted by molar-refractivity contribution is -0.385. The van der Waals surface area contributed by atoms with Gasteiger partial charge in [0.05, 0.1) is 22.1 Å². The highest BCUT2D eigenvalue weighted by Gasteiger charge is 2.14. The predicted molar refractivity (Wildman–Crippen MR) is 107 cm³/mol. The van der Waals surface area contributed by atoms with E-state index in [1.807, 2.05) is 27.7 Å². The van der Waals surface area contributed by atoms with Crippen LogP contribution in [0.1, 0.15) is 38.8 Å². The summed E-state index contributed by atoms with van der Waals surface area (Å²) in [7, 11) is 0. The molecule has 0 aliphatic rings. The number of rotatable bonds is 8. The molecule has 0 amide bonds. The van der Waals surface area contributed by atoms with Crippen LogP contribution in [0.2, 0.25) is 0 Å². The molecule has 0 saturated carbocycles. The zero-order valence-electron chi connectivity index (χ0n) is 16.1. The highest BCUT2D eigenvalue weighted by Crippen LogP contribution is 2.30. The summed E-state index contributed by atoms with van der Waals surface area (Å²) in [5.41, 5.74) is 0.830. The van der Waals surface area contributed by atoms with Crippen molar-refractivity contribution >= 4 is 23.5 Å². The number of hydrogen-bond acceptors (Lipinski definition) is 6. The summed E-state index contributed by atoms with van der Waals surface area (Å²) in [6.07, 6.45) is 3.01. The van der Waals surface area contributed by atoms with Crippen LogP contribution in [0.3, 0.4) is 0 Å². The van der Waals surface area contributed by atoms with E-state index in [-0.39, 0.29) is 23.6 Å². The van der Waals surface area contributed by atoms with Gasteiger partial charge in [-0.15, -0.1) is 0 Å². The molecule has 0 unspecified atom stereocenters. The van der Waals surface area contributed by atoms with Crippen LogP contribution in [0, 0.1) is 20.2 Å². The first-order valence-electron chi connectivity index (χ1n) is 8.75. The Bertz CT molecular complexity index is 832. The summed E-state index contributed by atoms with van der Waals surface area (Å²) < 4.78 is 11.4. The van der Waals surface area contributed by atoms with Gasteiger partial charge in [-0.1, -0.05) is 12.2 Å². The number of nitro groups is 2. The normalized spacial score (nSPS) is 11.2. The fraction of sp³-hybridized carbons (Fsp3) is 0.300. The van der Waals surface area contributed by atoms with Gasteiger partial charge in [0.15, 0.2) is 0 Å². The number of nitro benzene ring substituents is 2. The van der Waals surface area contributed by atoms with Crippen molar-refractivity contribution in [3.05, 3.63) is 67.8 Å². The van der Waals surface area contributed by atoms with Crippen LogP contribution in [0.25, 0.3) is 12.2 Å². The topological polar surface area (TPSA) is 105 Å². The third kappa shape index (κ3) is 5.54. The lowest BCUT2D eigenvalue weighted by Crippen LogP contribution is -2.07. The fourth-order valence-electron chi connectivity index (χ4n) is 2.46. The molecular weight excluding hydrogens is 364 g/mol. The number of nitrogens with zero attached hydrogens (tertiary/aromatic N) is 2. The van der Waals surface area contributed by atoms with E-state index in [9.17, 15) is 20.2 Å². The van der Waals surface area contributed by atoms with E-state index in [0.29, 0.717) is 22.6 Å². The van der Waals surface area contributed by atoms with Gasteiger partial charge < -0.3 is 9.47 Å². The predicted octanol–water partition coefficient (Wildman–Crippen LogP) is 5.25. The smallest absolute Gasteiger partial charge is 0.270 e. The van der Waals surface area contributed by atoms with Crippen LogP contribution in [-0.4, -0.2) is 22.1 Å². The molecule has 0 heterocycles. The molecule has 0 aliphatic heterocycles. The van der Waals surface area contributed by atoms with E-state index in [4.69, 9.17) is 9.47 Å². The molecule has 2 aromatic carbocycles. The Kier molecular flexibility index (Phi) is 6.70. The average Bonchev–Trinajstić information content (AvgIpc) is 2.60. The second-order valence-electron chi connectivity index (χ2n) is 6.63. The largest absolute Gasteiger partial charge is 0.490 e. The quantitative estimate of drug-likeness (QED) is 0.349. The minimum absolute atomic E-state index is 0.0755. The lowest BCUT2D eigenvalue weighted by atomic mass is 10.1. The van der Waals surface area contributed by atoms with Gasteiger partial charge in [-0.25, -0.2) is 0 Å². The summed E-state index contributed by atoms with van der Waals surface area (Å²) in [6, 6.07) is 8.61. The maximum Gasteiger partial charge on any atom is 0.270 e.